The maximum atomic E-state index is 11.7. The predicted molar refractivity (Wildman–Crippen MR) is 84.2 cm³/mol. The zero-order chi connectivity index (χ0) is 16.4. The van der Waals surface area contributed by atoms with Gasteiger partial charge in [-0.05, 0) is 37.8 Å². The molecule has 0 bridgehead atoms. The molecule has 0 aliphatic rings. The van der Waals surface area contributed by atoms with Crippen LogP contribution in [0.3, 0.4) is 0 Å². The van der Waals surface area contributed by atoms with Crippen LogP contribution in [0.2, 0.25) is 0 Å². The summed E-state index contributed by atoms with van der Waals surface area (Å²) in [5.74, 6) is -2.40. The van der Waals surface area contributed by atoms with Gasteiger partial charge in [-0.2, -0.15) is 0 Å². The monoisotopic (exact) mass is 308 g/mol. The number of allylic oxidation sites excluding steroid dienone is 2. The van der Waals surface area contributed by atoms with Gasteiger partial charge < -0.3 is 20.1 Å². The highest BCUT2D eigenvalue weighted by molar-refractivity contribution is 5.91. The zero-order valence-electron chi connectivity index (χ0n) is 12.9. The number of phenols is 3. The molecule has 122 valence electrons. The molecule has 0 heterocycles. The van der Waals surface area contributed by atoms with E-state index < -0.39 is 23.2 Å². The number of aromatic hydroxyl groups is 3. The molecule has 0 saturated heterocycles. The minimum absolute atomic E-state index is 0.00269. The SMILES string of the molecule is CCCCCC=CCCCOC(=O)c1cc(O)c(O)c(O)c1. The van der Waals surface area contributed by atoms with Crippen molar-refractivity contribution < 1.29 is 24.9 Å². The molecule has 5 nitrogen and oxygen atoms in total. The van der Waals surface area contributed by atoms with E-state index in [1.54, 1.807) is 0 Å². The Kier molecular flexibility index (Phi) is 7.89. The zero-order valence-corrected chi connectivity index (χ0v) is 12.9. The van der Waals surface area contributed by atoms with Crippen LogP contribution in [0.5, 0.6) is 17.2 Å². The number of ether oxygens (including phenoxy) is 1. The largest absolute Gasteiger partial charge is 0.504 e. The molecule has 0 aromatic heterocycles. The van der Waals surface area contributed by atoms with Gasteiger partial charge in [-0.15, -0.1) is 0 Å². The Balaban J connectivity index is 2.26. The summed E-state index contributed by atoms with van der Waals surface area (Å²) in [6.45, 7) is 2.44. The van der Waals surface area contributed by atoms with Crippen molar-refractivity contribution in [1.82, 2.24) is 0 Å². The van der Waals surface area contributed by atoms with Crippen LogP contribution in [-0.4, -0.2) is 27.9 Å². The second-order valence-corrected chi connectivity index (χ2v) is 5.11. The lowest BCUT2D eigenvalue weighted by Crippen LogP contribution is -2.06. The first-order valence-corrected chi connectivity index (χ1v) is 7.63. The van der Waals surface area contributed by atoms with Gasteiger partial charge in [-0.3, -0.25) is 0 Å². The van der Waals surface area contributed by atoms with Crippen LogP contribution in [0.25, 0.3) is 0 Å². The quantitative estimate of drug-likeness (QED) is 0.279. The van der Waals surface area contributed by atoms with E-state index >= 15 is 0 Å². The molecular weight excluding hydrogens is 284 g/mol. The van der Waals surface area contributed by atoms with Crippen molar-refractivity contribution in [2.75, 3.05) is 6.61 Å². The van der Waals surface area contributed by atoms with Crippen LogP contribution in [0.1, 0.15) is 55.8 Å². The van der Waals surface area contributed by atoms with Crippen LogP contribution < -0.4 is 0 Å². The molecule has 0 aliphatic heterocycles. The van der Waals surface area contributed by atoms with E-state index in [0.29, 0.717) is 6.42 Å². The van der Waals surface area contributed by atoms with Crippen LogP contribution in [0.15, 0.2) is 24.3 Å². The Morgan fingerprint density at radius 3 is 2.23 bits per heavy atom. The first-order chi connectivity index (χ1) is 10.6. The standard InChI is InChI=1S/C17H24O5/c1-2-3-4-5-6-7-8-9-10-22-17(21)13-11-14(18)16(20)15(19)12-13/h6-7,11-12,18-20H,2-5,8-10H2,1H3. The van der Waals surface area contributed by atoms with Gasteiger partial charge in [0.05, 0.1) is 12.2 Å². The molecule has 0 unspecified atom stereocenters. The minimum atomic E-state index is -0.648. The fourth-order valence-corrected chi connectivity index (χ4v) is 1.92. The second kappa shape index (κ2) is 9.71. The molecular formula is C17H24O5. The molecule has 0 saturated carbocycles. The van der Waals surface area contributed by atoms with Gasteiger partial charge in [-0.25, -0.2) is 4.79 Å². The number of benzene rings is 1. The maximum absolute atomic E-state index is 11.7. The van der Waals surface area contributed by atoms with E-state index in [2.05, 4.69) is 19.1 Å². The molecule has 3 N–H and O–H groups in total. The highest BCUT2D eigenvalue weighted by Crippen LogP contribution is 2.35. The Morgan fingerprint density at radius 1 is 1.05 bits per heavy atom. The molecule has 0 aliphatic carbocycles. The Hall–Kier alpha value is -2.17. The first-order valence-electron chi connectivity index (χ1n) is 7.63. The number of carbonyl (C=O) groups excluding carboxylic acids is 1. The molecule has 22 heavy (non-hydrogen) atoms. The van der Waals surface area contributed by atoms with Gasteiger partial charge in [0.15, 0.2) is 17.2 Å². The third-order valence-electron chi connectivity index (χ3n) is 3.19. The number of esters is 1. The van der Waals surface area contributed by atoms with Crippen molar-refractivity contribution in [1.29, 1.82) is 0 Å². The fourth-order valence-electron chi connectivity index (χ4n) is 1.92. The summed E-state index contributed by atoms with van der Waals surface area (Å²) in [6, 6.07) is 2.12. The van der Waals surface area contributed by atoms with Gasteiger partial charge >= 0.3 is 5.97 Å². The number of carbonyl (C=O) groups is 1. The van der Waals surface area contributed by atoms with Gasteiger partial charge in [0.25, 0.3) is 0 Å². The Labute approximate surface area is 130 Å². The highest BCUT2D eigenvalue weighted by atomic mass is 16.5. The minimum Gasteiger partial charge on any atom is -0.504 e. The molecule has 1 aromatic rings. The molecule has 0 amide bonds. The molecule has 0 atom stereocenters. The van der Waals surface area contributed by atoms with Crippen molar-refractivity contribution in [2.45, 2.75) is 45.4 Å². The summed E-state index contributed by atoms with van der Waals surface area (Å²) in [5.41, 5.74) is 0.00269. The van der Waals surface area contributed by atoms with E-state index in [-0.39, 0.29) is 12.2 Å². The average Bonchev–Trinajstić information content (AvgIpc) is 2.50. The van der Waals surface area contributed by atoms with E-state index in [9.17, 15) is 20.1 Å². The highest BCUT2D eigenvalue weighted by Gasteiger charge is 2.14. The van der Waals surface area contributed by atoms with Gasteiger partial charge in [-0.1, -0.05) is 31.9 Å². The van der Waals surface area contributed by atoms with Crippen molar-refractivity contribution in [3.8, 4) is 17.2 Å². The third kappa shape index (κ3) is 6.08. The summed E-state index contributed by atoms with van der Waals surface area (Å²) >= 11 is 0. The molecule has 1 rings (SSSR count). The van der Waals surface area contributed by atoms with Crippen LogP contribution >= 0.6 is 0 Å². The van der Waals surface area contributed by atoms with Gasteiger partial charge in [0.1, 0.15) is 0 Å². The number of unbranched alkanes of at least 4 members (excludes halogenated alkanes) is 4. The second-order valence-electron chi connectivity index (χ2n) is 5.11. The lowest BCUT2D eigenvalue weighted by atomic mass is 10.2. The lowest BCUT2D eigenvalue weighted by molar-refractivity contribution is 0.0500. The summed E-state index contributed by atoms with van der Waals surface area (Å²) in [7, 11) is 0. The van der Waals surface area contributed by atoms with E-state index in [0.717, 1.165) is 25.0 Å². The Morgan fingerprint density at radius 2 is 1.64 bits per heavy atom. The van der Waals surface area contributed by atoms with E-state index in [4.69, 9.17) is 4.74 Å². The smallest absolute Gasteiger partial charge is 0.338 e. The number of phenolic OH excluding ortho intramolecular Hbond substituents is 3. The van der Waals surface area contributed by atoms with Crippen molar-refractivity contribution in [2.24, 2.45) is 0 Å². The maximum Gasteiger partial charge on any atom is 0.338 e. The van der Waals surface area contributed by atoms with Crippen LogP contribution in [-0.2, 0) is 4.74 Å². The fraction of sp³-hybridized carbons (Fsp3) is 0.471. The lowest BCUT2D eigenvalue weighted by Gasteiger charge is -2.06. The summed E-state index contributed by atoms with van der Waals surface area (Å²) in [6.07, 6.45) is 10.5. The van der Waals surface area contributed by atoms with Crippen LogP contribution in [0, 0.1) is 0 Å². The van der Waals surface area contributed by atoms with Crippen LogP contribution in [0.4, 0.5) is 0 Å². The van der Waals surface area contributed by atoms with Gasteiger partial charge in [0, 0.05) is 0 Å². The third-order valence-corrected chi connectivity index (χ3v) is 3.19. The first kappa shape index (κ1) is 17.9. The molecule has 1 aromatic carbocycles. The Bertz CT molecular complexity index is 485. The summed E-state index contributed by atoms with van der Waals surface area (Å²) < 4.78 is 5.05. The topological polar surface area (TPSA) is 87.0 Å². The number of hydrogen-bond donors (Lipinski definition) is 3. The normalized spacial score (nSPS) is 11.0. The predicted octanol–water partition coefficient (Wildman–Crippen LogP) is 3.88. The number of rotatable bonds is 9. The van der Waals surface area contributed by atoms with Gasteiger partial charge in [0.2, 0.25) is 0 Å². The average molecular weight is 308 g/mol. The van der Waals surface area contributed by atoms with Crippen molar-refractivity contribution in [3.05, 3.63) is 29.8 Å². The summed E-state index contributed by atoms with van der Waals surface area (Å²) in [5, 5.41) is 27.9. The van der Waals surface area contributed by atoms with Crippen molar-refractivity contribution >= 4 is 5.97 Å². The molecule has 5 heteroatoms. The molecule has 0 spiro atoms. The molecule has 0 fully saturated rings. The van der Waals surface area contributed by atoms with E-state index in [1.807, 2.05) is 0 Å². The number of hydrogen-bond acceptors (Lipinski definition) is 5. The van der Waals surface area contributed by atoms with E-state index in [1.165, 1.54) is 19.3 Å². The molecule has 0 radical (unpaired) electrons. The van der Waals surface area contributed by atoms with Crippen molar-refractivity contribution in [3.63, 3.8) is 0 Å². The summed E-state index contributed by atoms with van der Waals surface area (Å²) in [4.78, 5) is 11.7.